The number of rotatable bonds is 7. The van der Waals surface area contributed by atoms with E-state index >= 15 is 0 Å². The largest absolute Gasteiger partial charge is 0.469 e. The summed E-state index contributed by atoms with van der Waals surface area (Å²) in [6, 6.07) is 0. The van der Waals surface area contributed by atoms with Gasteiger partial charge in [0.1, 0.15) is 12.3 Å². The Bertz CT molecular complexity index is 650. The smallest absolute Gasteiger partial charge is 0.355 e. The molecule has 1 rings (SSSR count). The van der Waals surface area contributed by atoms with Gasteiger partial charge in [-0.2, -0.15) is 0 Å². The Labute approximate surface area is 170 Å². The van der Waals surface area contributed by atoms with Gasteiger partial charge in [-0.15, -0.1) is 0 Å². The number of aromatic nitrogens is 1. The molecule has 0 atom stereocenters. The van der Waals surface area contributed by atoms with Gasteiger partial charge in [0, 0.05) is 12.1 Å². The van der Waals surface area contributed by atoms with Crippen molar-refractivity contribution in [3.63, 3.8) is 0 Å². The molecule has 0 aromatic carbocycles. The van der Waals surface area contributed by atoms with Crippen molar-refractivity contribution in [2.24, 2.45) is 0 Å². The summed E-state index contributed by atoms with van der Waals surface area (Å²) >= 11 is 9.72. The van der Waals surface area contributed by atoms with Crippen LogP contribution in [-0.4, -0.2) is 45.9 Å². The van der Waals surface area contributed by atoms with Crippen molar-refractivity contribution in [1.29, 1.82) is 0 Å². The van der Waals surface area contributed by atoms with Crippen LogP contribution in [0.1, 0.15) is 33.7 Å². The van der Waals surface area contributed by atoms with Crippen molar-refractivity contribution >= 4 is 65.7 Å². The van der Waals surface area contributed by atoms with Crippen LogP contribution in [0.3, 0.4) is 0 Å². The Hall–Kier alpha value is -0.870. The fraction of sp³-hybridized carbons (Fsp3) is 0.533. The Kier molecular flexibility index (Phi) is 8.62. The Morgan fingerprint density at radius 3 is 2.16 bits per heavy atom. The molecular weight excluding hydrogens is 530 g/mol. The van der Waals surface area contributed by atoms with Crippen LogP contribution in [-0.2, 0) is 36.6 Å². The van der Waals surface area contributed by atoms with E-state index < -0.39 is 14.1 Å². The predicted molar refractivity (Wildman–Crippen MR) is 101 cm³/mol. The molecule has 0 saturated carbocycles. The Balaban J connectivity index is 3.12. The number of esters is 3. The van der Waals surface area contributed by atoms with Gasteiger partial charge in [0.25, 0.3) is 0 Å². The Morgan fingerprint density at radius 1 is 1.04 bits per heavy atom. The summed E-state index contributed by atoms with van der Waals surface area (Å²) < 4.78 is 13.8. The number of ether oxygens (including phenoxy) is 3. The number of hydrogen-bond acceptors (Lipinski definition) is 6. The average Bonchev–Trinajstić information content (AvgIpc) is 2.85. The zero-order valence-corrected chi connectivity index (χ0v) is 18.7. The molecule has 1 N–H and O–H groups in total. The summed E-state index contributed by atoms with van der Waals surface area (Å²) in [7, 11) is 2.57. The lowest BCUT2D eigenvalue weighted by Crippen LogP contribution is -2.18. The van der Waals surface area contributed by atoms with Gasteiger partial charge < -0.3 is 19.2 Å². The number of halogens is 3. The molecule has 0 amide bonds. The van der Waals surface area contributed by atoms with E-state index in [1.54, 1.807) is 6.92 Å². The molecule has 0 saturated heterocycles. The van der Waals surface area contributed by atoms with E-state index in [1.165, 1.54) is 14.2 Å². The second kappa shape index (κ2) is 9.72. The van der Waals surface area contributed by atoms with Crippen molar-refractivity contribution in [2.45, 2.75) is 28.3 Å². The third-order valence-electron chi connectivity index (χ3n) is 3.36. The fourth-order valence-electron chi connectivity index (χ4n) is 2.19. The van der Waals surface area contributed by atoms with E-state index in [4.69, 9.17) is 9.47 Å². The van der Waals surface area contributed by atoms with Gasteiger partial charge in [0.2, 0.25) is 0 Å². The number of nitrogens with one attached hydrogen (secondary N) is 1. The van der Waals surface area contributed by atoms with Crippen molar-refractivity contribution in [1.82, 2.24) is 4.98 Å². The maximum absolute atomic E-state index is 12.4. The minimum absolute atomic E-state index is 0.000933. The molecular formula is C15H18Br3NO6. The molecule has 1 heterocycles. The summed E-state index contributed by atoms with van der Waals surface area (Å²) in [5.41, 5.74) is 2.00. The maximum Gasteiger partial charge on any atom is 0.355 e. The van der Waals surface area contributed by atoms with E-state index in [-0.39, 0.29) is 31.1 Å². The molecule has 0 bridgehead atoms. The van der Waals surface area contributed by atoms with Crippen LogP contribution in [0.4, 0.5) is 0 Å². The molecule has 0 aliphatic carbocycles. The highest BCUT2D eigenvalue weighted by atomic mass is 80.0. The quantitative estimate of drug-likeness (QED) is 0.320. The van der Waals surface area contributed by atoms with Crippen LogP contribution in [0.5, 0.6) is 0 Å². The average molecular weight is 548 g/mol. The zero-order chi connectivity index (χ0) is 19.2. The molecule has 25 heavy (non-hydrogen) atoms. The zero-order valence-electron chi connectivity index (χ0n) is 13.9. The molecule has 0 fully saturated rings. The lowest BCUT2D eigenvalue weighted by atomic mass is 10.0. The molecule has 10 heteroatoms. The number of methoxy groups -OCH3 is 2. The van der Waals surface area contributed by atoms with Crippen LogP contribution >= 0.6 is 47.8 Å². The number of aromatic amines is 1. The molecule has 0 aliphatic rings. The fourth-order valence-corrected chi connectivity index (χ4v) is 2.53. The molecule has 0 spiro atoms. The van der Waals surface area contributed by atoms with Gasteiger partial charge in [-0.1, -0.05) is 47.8 Å². The van der Waals surface area contributed by atoms with Gasteiger partial charge in [-0.3, -0.25) is 9.59 Å². The number of carbonyl (C=O) groups is 3. The third-order valence-corrected chi connectivity index (χ3v) is 4.04. The predicted octanol–water partition coefficient (Wildman–Crippen LogP) is 3.14. The van der Waals surface area contributed by atoms with E-state index in [2.05, 4.69) is 57.5 Å². The van der Waals surface area contributed by atoms with Gasteiger partial charge in [0.15, 0.2) is 2.14 Å². The van der Waals surface area contributed by atoms with Crippen molar-refractivity contribution in [3.8, 4) is 0 Å². The minimum atomic E-state index is -0.736. The van der Waals surface area contributed by atoms with Crippen LogP contribution < -0.4 is 0 Å². The van der Waals surface area contributed by atoms with Crippen molar-refractivity contribution in [2.75, 3.05) is 20.8 Å². The highest BCUT2D eigenvalue weighted by Gasteiger charge is 2.26. The summed E-state index contributed by atoms with van der Waals surface area (Å²) in [5, 5.41) is 0. The molecule has 1 aromatic heterocycles. The van der Waals surface area contributed by atoms with E-state index in [1.807, 2.05) is 0 Å². The highest BCUT2D eigenvalue weighted by molar-refractivity contribution is 9.39. The number of aryl methyl sites for hydroxylation is 1. The normalized spacial score (nSPS) is 11.1. The summed E-state index contributed by atoms with van der Waals surface area (Å²) in [5.74, 6) is -1.49. The first-order chi connectivity index (χ1) is 11.6. The van der Waals surface area contributed by atoms with Crippen molar-refractivity contribution in [3.05, 3.63) is 22.5 Å². The molecule has 140 valence electrons. The summed E-state index contributed by atoms with van der Waals surface area (Å²) in [4.78, 5) is 38.5. The highest BCUT2D eigenvalue weighted by Crippen LogP contribution is 2.34. The summed E-state index contributed by atoms with van der Waals surface area (Å²) in [6.45, 7) is 1.76. The number of alkyl halides is 3. The number of H-pyrrole nitrogens is 1. The molecule has 0 aliphatic heterocycles. The van der Waals surface area contributed by atoms with E-state index in [0.29, 0.717) is 23.2 Å². The lowest BCUT2D eigenvalue weighted by Gasteiger charge is -2.12. The van der Waals surface area contributed by atoms with Crippen LogP contribution in [0.25, 0.3) is 0 Å². The first-order valence-electron chi connectivity index (χ1n) is 7.16. The SMILES string of the molecule is COC(=O)CCc1c(C)[nH]c(C(=O)OCC(Br)(Br)Br)c1CC(=O)OC. The van der Waals surface area contributed by atoms with Gasteiger partial charge >= 0.3 is 17.9 Å². The maximum atomic E-state index is 12.4. The van der Waals surface area contributed by atoms with Crippen LogP contribution in [0.15, 0.2) is 0 Å². The Morgan fingerprint density at radius 2 is 1.64 bits per heavy atom. The van der Waals surface area contributed by atoms with Gasteiger partial charge in [-0.25, -0.2) is 4.79 Å². The summed E-state index contributed by atoms with van der Waals surface area (Å²) in [6.07, 6.45) is 0.350. The molecule has 7 nitrogen and oxygen atoms in total. The second-order valence-corrected chi connectivity index (χ2v) is 12.4. The molecule has 1 aromatic rings. The standard InChI is InChI=1S/C15H18Br3NO6/c1-8-9(4-5-11(20)23-2)10(6-12(21)24-3)13(19-8)14(22)25-7-15(16,17)18/h19H,4-7H2,1-3H3. The van der Waals surface area contributed by atoms with E-state index in [9.17, 15) is 14.4 Å². The van der Waals surface area contributed by atoms with Crippen LogP contribution in [0, 0.1) is 6.92 Å². The van der Waals surface area contributed by atoms with Crippen LogP contribution in [0.2, 0.25) is 0 Å². The monoisotopic (exact) mass is 545 g/mol. The van der Waals surface area contributed by atoms with Gasteiger partial charge in [-0.05, 0) is 24.5 Å². The number of hydrogen-bond donors (Lipinski definition) is 1. The molecule has 0 unspecified atom stereocenters. The van der Waals surface area contributed by atoms with Crippen molar-refractivity contribution < 1.29 is 28.6 Å². The second-order valence-electron chi connectivity index (χ2n) is 5.10. The van der Waals surface area contributed by atoms with E-state index in [0.717, 1.165) is 0 Å². The molecule has 0 radical (unpaired) electrons. The first-order valence-corrected chi connectivity index (χ1v) is 9.54. The lowest BCUT2D eigenvalue weighted by molar-refractivity contribution is -0.141. The van der Waals surface area contributed by atoms with Gasteiger partial charge in [0.05, 0.1) is 20.6 Å². The topological polar surface area (TPSA) is 94.7 Å². The third kappa shape index (κ3) is 7.10. The number of carbonyl (C=O) groups excluding carboxylic acids is 3. The first kappa shape index (κ1) is 22.2. The minimum Gasteiger partial charge on any atom is -0.469 e.